The Bertz CT molecular complexity index is 707. The number of nitrogens with one attached hydrogen (secondary N) is 2. The molecular weight excluding hydrogens is 288 g/mol. The summed E-state index contributed by atoms with van der Waals surface area (Å²) in [6.07, 6.45) is 2.66. The highest BCUT2D eigenvalue weighted by Crippen LogP contribution is 2.35. The lowest BCUT2D eigenvalue weighted by Crippen LogP contribution is -2.43. The number of piperazine rings is 1. The summed E-state index contributed by atoms with van der Waals surface area (Å²) in [5.74, 6) is 0.616. The van der Waals surface area contributed by atoms with Gasteiger partial charge in [-0.25, -0.2) is 4.98 Å². The van der Waals surface area contributed by atoms with Crippen LogP contribution in [-0.4, -0.2) is 37.1 Å². The predicted octanol–water partition coefficient (Wildman–Crippen LogP) is 1.77. The Hall–Kier alpha value is -2.40. The molecule has 118 valence electrons. The van der Waals surface area contributed by atoms with Crippen molar-refractivity contribution in [1.29, 1.82) is 0 Å². The maximum atomic E-state index is 12.4. The number of fused-ring (bicyclic) bond motifs is 1. The van der Waals surface area contributed by atoms with E-state index in [1.165, 1.54) is 5.56 Å². The van der Waals surface area contributed by atoms with Gasteiger partial charge in [0.2, 0.25) is 5.91 Å². The van der Waals surface area contributed by atoms with Gasteiger partial charge in [0, 0.05) is 26.2 Å². The molecule has 2 aliphatic rings. The molecular formula is C18H20N4O. The van der Waals surface area contributed by atoms with Crippen LogP contribution in [-0.2, 0) is 11.2 Å². The topological polar surface area (TPSA) is 57.3 Å². The van der Waals surface area contributed by atoms with Gasteiger partial charge in [-0.1, -0.05) is 24.3 Å². The van der Waals surface area contributed by atoms with E-state index < -0.39 is 0 Å². The summed E-state index contributed by atoms with van der Waals surface area (Å²) in [6, 6.07) is 12.0. The van der Waals surface area contributed by atoms with E-state index in [1.807, 2.05) is 36.5 Å². The number of carbonyl (C=O) groups is 1. The summed E-state index contributed by atoms with van der Waals surface area (Å²) < 4.78 is 0. The molecule has 0 spiro atoms. The van der Waals surface area contributed by atoms with E-state index in [-0.39, 0.29) is 11.8 Å². The molecule has 0 radical (unpaired) electrons. The van der Waals surface area contributed by atoms with Gasteiger partial charge in [0.25, 0.3) is 0 Å². The van der Waals surface area contributed by atoms with Crippen LogP contribution in [0.5, 0.6) is 0 Å². The molecule has 1 aliphatic heterocycles. The van der Waals surface area contributed by atoms with Gasteiger partial charge in [0.05, 0.1) is 17.8 Å². The summed E-state index contributed by atoms with van der Waals surface area (Å²) in [5.41, 5.74) is 3.52. The number of carbonyl (C=O) groups excluding carboxylic acids is 1. The third-order valence-corrected chi connectivity index (χ3v) is 4.65. The van der Waals surface area contributed by atoms with Crippen molar-refractivity contribution < 1.29 is 4.79 Å². The third-order valence-electron chi connectivity index (χ3n) is 4.65. The fraction of sp³-hybridized carbons (Fsp3) is 0.333. The molecule has 2 heterocycles. The average molecular weight is 308 g/mol. The summed E-state index contributed by atoms with van der Waals surface area (Å²) in [4.78, 5) is 19.1. The quantitative estimate of drug-likeness (QED) is 0.907. The lowest BCUT2D eigenvalue weighted by molar-refractivity contribution is -0.118. The predicted molar refractivity (Wildman–Crippen MR) is 90.8 cm³/mol. The molecule has 1 saturated heterocycles. The first kappa shape index (κ1) is 14.2. The van der Waals surface area contributed by atoms with Gasteiger partial charge < -0.3 is 15.5 Å². The van der Waals surface area contributed by atoms with Gasteiger partial charge in [-0.15, -0.1) is 0 Å². The number of pyridine rings is 1. The Balaban J connectivity index is 1.40. The van der Waals surface area contributed by atoms with Crippen molar-refractivity contribution in [3.8, 4) is 0 Å². The number of nitrogens with zero attached hydrogens (tertiary/aromatic N) is 2. The Morgan fingerprint density at radius 2 is 2.00 bits per heavy atom. The van der Waals surface area contributed by atoms with E-state index in [0.29, 0.717) is 5.82 Å². The van der Waals surface area contributed by atoms with Crippen molar-refractivity contribution in [2.24, 2.45) is 0 Å². The van der Waals surface area contributed by atoms with Crippen LogP contribution in [0.3, 0.4) is 0 Å². The lowest BCUT2D eigenvalue weighted by atomic mass is 9.77. The largest absolute Gasteiger partial charge is 0.368 e. The van der Waals surface area contributed by atoms with E-state index in [9.17, 15) is 4.79 Å². The number of hydrogen-bond acceptors (Lipinski definition) is 4. The molecule has 1 aliphatic carbocycles. The van der Waals surface area contributed by atoms with Gasteiger partial charge in [-0.2, -0.15) is 0 Å². The Labute approximate surface area is 135 Å². The second kappa shape index (κ2) is 6.01. The van der Waals surface area contributed by atoms with E-state index in [1.54, 1.807) is 0 Å². The zero-order valence-corrected chi connectivity index (χ0v) is 13.0. The Morgan fingerprint density at radius 3 is 2.74 bits per heavy atom. The van der Waals surface area contributed by atoms with Crippen molar-refractivity contribution in [1.82, 2.24) is 10.3 Å². The van der Waals surface area contributed by atoms with Crippen LogP contribution in [0.25, 0.3) is 0 Å². The second-order valence-electron chi connectivity index (χ2n) is 6.08. The van der Waals surface area contributed by atoms with Crippen LogP contribution in [0.1, 0.15) is 17.0 Å². The number of rotatable bonds is 3. The molecule has 5 heteroatoms. The first-order valence-corrected chi connectivity index (χ1v) is 8.11. The van der Waals surface area contributed by atoms with E-state index in [4.69, 9.17) is 0 Å². The lowest BCUT2D eigenvalue weighted by Gasteiger charge is -2.29. The van der Waals surface area contributed by atoms with Crippen LogP contribution in [0, 0.1) is 0 Å². The summed E-state index contributed by atoms with van der Waals surface area (Å²) in [7, 11) is 0. The second-order valence-corrected chi connectivity index (χ2v) is 6.08. The minimum absolute atomic E-state index is 0.0334. The molecule has 1 unspecified atom stereocenters. The van der Waals surface area contributed by atoms with Gasteiger partial charge >= 0.3 is 0 Å². The molecule has 0 saturated carbocycles. The summed E-state index contributed by atoms with van der Waals surface area (Å²) in [6.45, 7) is 3.98. The molecule has 1 aromatic carbocycles. The van der Waals surface area contributed by atoms with Gasteiger partial charge in [-0.05, 0) is 29.7 Å². The van der Waals surface area contributed by atoms with E-state index in [2.05, 4.69) is 26.6 Å². The normalized spacial score (nSPS) is 19.7. The Kier molecular flexibility index (Phi) is 3.71. The number of benzene rings is 1. The van der Waals surface area contributed by atoms with Crippen LogP contribution in [0.2, 0.25) is 0 Å². The summed E-state index contributed by atoms with van der Waals surface area (Å²) >= 11 is 0. The molecule has 5 nitrogen and oxygen atoms in total. The molecule has 1 atom stereocenters. The fourth-order valence-electron chi connectivity index (χ4n) is 3.28. The highest BCUT2D eigenvalue weighted by Gasteiger charge is 2.31. The van der Waals surface area contributed by atoms with Crippen molar-refractivity contribution in [3.63, 3.8) is 0 Å². The van der Waals surface area contributed by atoms with Crippen molar-refractivity contribution in [2.45, 2.75) is 12.3 Å². The molecule has 23 heavy (non-hydrogen) atoms. The molecule has 0 bridgehead atoms. The number of hydrogen-bond donors (Lipinski definition) is 2. The first-order chi connectivity index (χ1) is 11.3. The zero-order valence-electron chi connectivity index (χ0n) is 13.0. The third kappa shape index (κ3) is 2.80. The minimum Gasteiger partial charge on any atom is -0.368 e. The van der Waals surface area contributed by atoms with Gasteiger partial charge in [0.15, 0.2) is 0 Å². The SMILES string of the molecule is O=C(Nc1ccc(N2CCNCC2)cn1)C1Cc2ccccc21. The highest BCUT2D eigenvalue weighted by molar-refractivity contribution is 5.97. The van der Waals surface area contributed by atoms with Gasteiger partial charge in [-0.3, -0.25) is 4.79 Å². The molecule has 1 amide bonds. The zero-order chi connectivity index (χ0) is 15.6. The maximum absolute atomic E-state index is 12.4. The number of amides is 1. The van der Waals surface area contributed by atoms with Crippen molar-refractivity contribution in [2.75, 3.05) is 36.4 Å². The van der Waals surface area contributed by atoms with Crippen LogP contribution in [0.4, 0.5) is 11.5 Å². The average Bonchev–Trinajstić information content (AvgIpc) is 2.57. The van der Waals surface area contributed by atoms with Crippen LogP contribution >= 0.6 is 0 Å². The van der Waals surface area contributed by atoms with Crippen LogP contribution in [0.15, 0.2) is 42.6 Å². The monoisotopic (exact) mass is 308 g/mol. The molecule has 2 aromatic rings. The van der Waals surface area contributed by atoms with Crippen molar-refractivity contribution >= 4 is 17.4 Å². The standard InChI is InChI=1S/C18H20N4O/c23-18(16-11-13-3-1-2-4-15(13)16)21-17-6-5-14(12-20-17)22-9-7-19-8-10-22/h1-6,12,16,19H,7-11H2,(H,20,21,23). The van der Waals surface area contributed by atoms with Crippen molar-refractivity contribution in [3.05, 3.63) is 53.7 Å². The molecule has 4 rings (SSSR count). The molecule has 1 aromatic heterocycles. The maximum Gasteiger partial charge on any atom is 0.233 e. The molecule has 2 N–H and O–H groups in total. The number of aromatic nitrogens is 1. The number of anilines is 2. The van der Waals surface area contributed by atoms with Crippen LogP contribution < -0.4 is 15.5 Å². The minimum atomic E-state index is -0.0409. The Morgan fingerprint density at radius 1 is 1.17 bits per heavy atom. The summed E-state index contributed by atoms with van der Waals surface area (Å²) in [5, 5.41) is 6.27. The van der Waals surface area contributed by atoms with E-state index in [0.717, 1.165) is 43.9 Å². The van der Waals surface area contributed by atoms with E-state index >= 15 is 0 Å². The fourth-order valence-corrected chi connectivity index (χ4v) is 3.28. The first-order valence-electron chi connectivity index (χ1n) is 8.11. The highest BCUT2D eigenvalue weighted by atomic mass is 16.2. The van der Waals surface area contributed by atoms with Gasteiger partial charge in [0.1, 0.15) is 5.82 Å². The molecule has 1 fully saturated rings. The smallest absolute Gasteiger partial charge is 0.233 e.